The maximum Gasteiger partial charge on any atom is 0.334 e. The first-order chi connectivity index (χ1) is 7.03. The highest BCUT2D eigenvalue weighted by atomic mass is 16.6. The second-order valence-electron chi connectivity index (χ2n) is 4.42. The van der Waals surface area contributed by atoms with Crippen LogP contribution in [0.1, 0.15) is 32.1 Å². The molecule has 1 N–H and O–H groups in total. The van der Waals surface area contributed by atoms with Crippen LogP contribution >= 0.6 is 0 Å². The molecule has 0 radical (unpaired) electrons. The van der Waals surface area contributed by atoms with Gasteiger partial charge in [-0.3, -0.25) is 4.79 Å². The van der Waals surface area contributed by atoms with E-state index in [1.165, 1.54) is 0 Å². The van der Waals surface area contributed by atoms with Crippen LogP contribution in [0.2, 0.25) is 0 Å². The summed E-state index contributed by atoms with van der Waals surface area (Å²) in [6, 6.07) is 0. The second kappa shape index (κ2) is 3.36. The second-order valence-corrected chi connectivity index (χ2v) is 4.42. The van der Waals surface area contributed by atoms with Crippen molar-refractivity contribution < 1.29 is 19.4 Å². The summed E-state index contributed by atoms with van der Waals surface area (Å²) < 4.78 is 5.33. The fourth-order valence-electron chi connectivity index (χ4n) is 2.71. The van der Waals surface area contributed by atoms with Crippen molar-refractivity contribution in [2.24, 2.45) is 5.92 Å². The molecule has 0 amide bonds. The lowest BCUT2D eigenvalue weighted by Crippen LogP contribution is -2.34. The van der Waals surface area contributed by atoms with Crippen molar-refractivity contribution in [2.75, 3.05) is 0 Å². The van der Waals surface area contributed by atoms with E-state index in [0.29, 0.717) is 12.0 Å². The van der Waals surface area contributed by atoms with Gasteiger partial charge in [0.25, 0.3) is 0 Å². The zero-order valence-electron chi connectivity index (χ0n) is 8.49. The number of carbonyl (C=O) groups excluding carboxylic acids is 1. The molecular weight excluding hydrogens is 196 g/mol. The molecule has 15 heavy (non-hydrogen) atoms. The number of hydrogen-bond donors (Lipinski definition) is 1. The van der Waals surface area contributed by atoms with Crippen LogP contribution in [-0.2, 0) is 14.3 Å². The largest absolute Gasteiger partial charge is 0.481 e. The van der Waals surface area contributed by atoms with E-state index in [-0.39, 0.29) is 18.3 Å². The Balaban J connectivity index is 2.17. The smallest absolute Gasteiger partial charge is 0.334 e. The van der Waals surface area contributed by atoms with Crippen molar-refractivity contribution in [3.8, 4) is 0 Å². The Morgan fingerprint density at radius 2 is 2.40 bits per heavy atom. The summed E-state index contributed by atoms with van der Waals surface area (Å²) >= 11 is 0. The third kappa shape index (κ3) is 1.64. The number of aliphatic carboxylic acids is 1. The highest BCUT2D eigenvalue weighted by Crippen LogP contribution is 2.48. The SMILES string of the molecule is C=C1CC2(CCCC2CC(=O)O)OC1=O. The minimum absolute atomic E-state index is 0.0433. The number of hydrogen-bond acceptors (Lipinski definition) is 3. The number of rotatable bonds is 2. The van der Waals surface area contributed by atoms with E-state index in [4.69, 9.17) is 9.84 Å². The Morgan fingerprint density at radius 3 is 2.93 bits per heavy atom. The monoisotopic (exact) mass is 210 g/mol. The van der Waals surface area contributed by atoms with Gasteiger partial charge in [-0.25, -0.2) is 4.79 Å². The summed E-state index contributed by atoms with van der Waals surface area (Å²) in [6.45, 7) is 3.65. The van der Waals surface area contributed by atoms with Gasteiger partial charge in [0.2, 0.25) is 0 Å². The molecule has 0 bridgehead atoms. The lowest BCUT2D eigenvalue weighted by molar-refractivity contribution is -0.153. The first-order valence-electron chi connectivity index (χ1n) is 5.16. The normalized spacial score (nSPS) is 34.8. The zero-order valence-corrected chi connectivity index (χ0v) is 8.49. The van der Waals surface area contributed by atoms with Gasteiger partial charge < -0.3 is 9.84 Å². The molecule has 0 aromatic carbocycles. The van der Waals surface area contributed by atoms with Crippen LogP contribution in [0, 0.1) is 5.92 Å². The van der Waals surface area contributed by atoms with E-state index >= 15 is 0 Å². The molecule has 2 fully saturated rings. The fraction of sp³-hybridized carbons (Fsp3) is 0.636. The topological polar surface area (TPSA) is 63.6 Å². The minimum atomic E-state index is -0.824. The lowest BCUT2D eigenvalue weighted by atomic mass is 9.85. The van der Waals surface area contributed by atoms with Crippen LogP contribution in [0.3, 0.4) is 0 Å². The van der Waals surface area contributed by atoms with Gasteiger partial charge in [-0.05, 0) is 19.3 Å². The molecule has 2 aliphatic rings. The maximum absolute atomic E-state index is 11.3. The highest BCUT2D eigenvalue weighted by molar-refractivity contribution is 5.90. The quantitative estimate of drug-likeness (QED) is 0.554. The van der Waals surface area contributed by atoms with Crippen LogP contribution in [0.5, 0.6) is 0 Å². The third-order valence-electron chi connectivity index (χ3n) is 3.41. The molecule has 2 unspecified atom stereocenters. The predicted molar refractivity (Wildman–Crippen MR) is 52.2 cm³/mol. The molecule has 0 aromatic rings. The molecule has 1 aliphatic heterocycles. The number of ether oxygens (including phenoxy) is 1. The fourth-order valence-corrected chi connectivity index (χ4v) is 2.71. The van der Waals surface area contributed by atoms with Crippen LogP contribution in [0.15, 0.2) is 12.2 Å². The molecular formula is C11H14O4. The van der Waals surface area contributed by atoms with E-state index in [1.807, 2.05) is 0 Å². The number of carboxylic acids is 1. The molecule has 1 aliphatic carbocycles. The summed E-state index contributed by atoms with van der Waals surface area (Å²) in [5.41, 5.74) is -0.0701. The Bertz CT molecular complexity index is 315. The van der Waals surface area contributed by atoms with Crippen molar-refractivity contribution in [3.05, 3.63) is 12.2 Å². The molecule has 0 aromatic heterocycles. The number of esters is 1. The third-order valence-corrected chi connectivity index (χ3v) is 3.41. The summed E-state index contributed by atoms with van der Waals surface area (Å²) in [5, 5.41) is 8.79. The highest BCUT2D eigenvalue weighted by Gasteiger charge is 2.51. The minimum Gasteiger partial charge on any atom is -0.481 e. The van der Waals surface area contributed by atoms with Gasteiger partial charge in [-0.15, -0.1) is 0 Å². The molecule has 1 saturated carbocycles. The Labute approximate surface area is 87.9 Å². The Hall–Kier alpha value is -1.32. The Morgan fingerprint density at radius 1 is 1.67 bits per heavy atom. The van der Waals surface area contributed by atoms with Gasteiger partial charge in [0, 0.05) is 17.9 Å². The van der Waals surface area contributed by atoms with Crippen LogP contribution < -0.4 is 0 Å². The van der Waals surface area contributed by atoms with Gasteiger partial charge in [0.1, 0.15) is 5.60 Å². The van der Waals surface area contributed by atoms with Crippen molar-refractivity contribution in [3.63, 3.8) is 0 Å². The van der Waals surface area contributed by atoms with E-state index in [9.17, 15) is 9.59 Å². The first-order valence-corrected chi connectivity index (χ1v) is 5.16. The summed E-state index contributed by atoms with van der Waals surface area (Å²) in [6.07, 6.45) is 3.12. The average Bonchev–Trinajstić information content (AvgIpc) is 2.60. The molecule has 1 spiro atoms. The van der Waals surface area contributed by atoms with Crippen LogP contribution in [0.25, 0.3) is 0 Å². The molecule has 4 heteroatoms. The first kappa shape index (κ1) is 10.2. The van der Waals surface area contributed by atoms with Crippen molar-refractivity contribution in [2.45, 2.75) is 37.7 Å². The van der Waals surface area contributed by atoms with Gasteiger partial charge in [-0.2, -0.15) is 0 Å². The Kier molecular flexibility index (Phi) is 2.29. The van der Waals surface area contributed by atoms with Crippen molar-refractivity contribution >= 4 is 11.9 Å². The molecule has 1 saturated heterocycles. The molecule has 2 rings (SSSR count). The lowest BCUT2D eigenvalue weighted by Gasteiger charge is -2.28. The van der Waals surface area contributed by atoms with Crippen LogP contribution in [-0.4, -0.2) is 22.6 Å². The van der Waals surface area contributed by atoms with Crippen molar-refractivity contribution in [1.29, 1.82) is 0 Å². The zero-order chi connectivity index (χ0) is 11.1. The average molecular weight is 210 g/mol. The predicted octanol–water partition coefficient (Wildman–Crippen LogP) is 1.50. The number of carboxylic acid groups (broad SMARTS) is 1. The van der Waals surface area contributed by atoms with E-state index in [1.54, 1.807) is 0 Å². The number of carbonyl (C=O) groups is 2. The summed E-state index contributed by atoms with van der Waals surface area (Å²) in [5.74, 6) is -1.22. The van der Waals surface area contributed by atoms with Crippen LogP contribution in [0.4, 0.5) is 0 Å². The summed E-state index contributed by atoms with van der Waals surface area (Å²) in [4.78, 5) is 22.0. The van der Waals surface area contributed by atoms with E-state index in [2.05, 4.69) is 6.58 Å². The van der Waals surface area contributed by atoms with Gasteiger partial charge >= 0.3 is 11.9 Å². The van der Waals surface area contributed by atoms with Gasteiger partial charge in [0.05, 0.1) is 6.42 Å². The molecule has 82 valence electrons. The molecule has 1 heterocycles. The molecule has 2 atom stereocenters. The van der Waals surface area contributed by atoms with E-state index in [0.717, 1.165) is 19.3 Å². The summed E-state index contributed by atoms with van der Waals surface area (Å²) in [7, 11) is 0. The van der Waals surface area contributed by atoms with Crippen molar-refractivity contribution in [1.82, 2.24) is 0 Å². The molecule has 4 nitrogen and oxygen atoms in total. The van der Waals surface area contributed by atoms with E-state index < -0.39 is 11.6 Å². The maximum atomic E-state index is 11.3. The standard InChI is InChI=1S/C11H14O4/c1-7-6-11(15-10(7)14)4-2-3-8(11)5-9(12)13/h8H,1-6H2,(H,12,13). The van der Waals surface area contributed by atoms with Gasteiger partial charge in [0.15, 0.2) is 0 Å². The van der Waals surface area contributed by atoms with Gasteiger partial charge in [-0.1, -0.05) is 6.58 Å².